The molecule has 5 nitrogen and oxygen atoms in total. The van der Waals surface area contributed by atoms with E-state index >= 15 is 0 Å². The summed E-state index contributed by atoms with van der Waals surface area (Å²) in [6, 6.07) is 3.77. The van der Waals surface area contributed by atoms with Crippen LogP contribution in [0.1, 0.15) is 26.2 Å². The van der Waals surface area contributed by atoms with Crippen molar-refractivity contribution >= 4 is 11.7 Å². The number of pyridine rings is 1. The second-order valence-corrected chi connectivity index (χ2v) is 4.77. The molecule has 1 atom stereocenters. The van der Waals surface area contributed by atoms with Gasteiger partial charge in [-0.1, -0.05) is 13.3 Å². The lowest BCUT2D eigenvalue weighted by Gasteiger charge is -2.09. The number of nitrogens with zero attached hydrogens (tertiary/aromatic N) is 3. The number of hydrogen-bond donors (Lipinski definition) is 1. The van der Waals surface area contributed by atoms with E-state index in [1.54, 1.807) is 12.4 Å². The van der Waals surface area contributed by atoms with Gasteiger partial charge in [-0.25, -0.2) is 0 Å². The molecule has 2 aromatic rings. The normalized spacial score (nSPS) is 12.3. The topological polar surface area (TPSA) is 68.1 Å². The van der Waals surface area contributed by atoms with Gasteiger partial charge in [0.15, 0.2) is 0 Å². The van der Waals surface area contributed by atoms with Crippen molar-refractivity contribution in [2.45, 2.75) is 32.3 Å². The van der Waals surface area contributed by atoms with Gasteiger partial charge in [0.1, 0.15) is 5.69 Å². The lowest BCUT2D eigenvalue weighted by molar-refractivity contribution is 0.129. The molecule has 0 fully saturated rings. The van der Waals surface area contributed by atoms with Crippen molar-refractivity contribution < 1.29 is 9.84 Å². The van der Waals surface area contributed by atoms with E-state index in [0.29, 0.717) is 24.6 Å². The van der Waals surface area contributed by atoms with Gasteiger partial charge in [0, 0.05) is 24.4 Å². The molecule has 0 aliphatic heterocycles. The number of aromatic nitrogens is 3. The number of aliphatic hydroxyl groups is 1. The Balaban J connectivity index is 1.94. The zero-order valence-electron chi connectivity index (χ0n) is 10.8. The number of aliphatic hydroxyl groups excluding tert-OH is 1. The van der Waals surface area contributed by atoms with Crippen LogP contribution in [-0.4, -0.2) is 31.5 Å². The standard InChI is InChI=1S/C13H17N3O2S/c1-2-4-11(17)6-8-18-13-12(15-19-16-13)10-5-3-7-14-9-10/h3,5,7,9,11,17H,2,4,6,8H2,1H3. The molecule has 1 N–H and O–H groups in total. The lowest BCUT2D eigenvalue weighted by atomic mass is 10.1. The predicted octanol–water partition coefficient (Wildman–Crippen LogP) is 2.53. The zero-order chi connectivity index (χ0) is 13.5. The van der Waals surface area contributed by atoms with E-state index in [0.717, 1.165) is 30.1 Å². The van der Waals surface area contributed by atoms with Gasteiger partial charge in [-0.3, -0.25) is 4.98 Å². The molecule has 2 aromatic heterocycles. The third-order valence-electron chi connectivity index (χ3n) is 2.71. The van der Waals surface area contributed by atoms with Gasteiger partial charge >= 0.3 is 0 Å². The van der Waals surface area contributed by atoms with Crippen molar-refractivity contribution in [1.29, 1.82) is 0 Å². The average molecular weight is 279 g/mol. The maximum Gasteiger partial charge on any atom is 0.254 e. The summed E-state index contributed by atoms with van der Waals surface area (Å²) in [5.74, 6) is 0.515. The molecule has 0 saturated heterocycles. The molecule has 0 bridgehead atoms. The fourth-order valence-corrected chi connectivity index (χ4v) is 2.24. The molecule has 1 unspecified atom stereocenters. The molecule has 19 heavy (non-hydrogen) atoms. The predicted molar refractivity (Wildman–Crippen MR) is 74.2 cm³/mol. The Hall–Kier alpha value is -1.53. The lowest BCUT2D eigenvalue weighted by Crippen LogP contribution is -2.11. The molecule has 6 heteroatoms. The van der Waals surface area contributed by atoms with E-state index < -0.39 is 0 Å². The third kappa shape index (κ3) is 3.97. The summed E-state index contributed by atoms with van der Waals surface area (Å²) >= 11 is 1.11. The van der Waals surface area contributed by atoms with Crippen LogP contribution in [0.2, 0.25) is 0 Å². The van der Waals surface area contributed by atoms with Crippen molar-refractivity contribution in [2.24, 2.45) is 0 Å². The Bertz CT molecular complexity index is 490. The molecule has 0 aliphatic rings. The Kier molecular flexibility index (Phi) is 5.23. The van der Waals surface area contributed by atoms with Gasteiger partial charge in [0.25, 0.3) is 5.88 Å². The highest BCUT2D eigenvalue weighted by molar-refractivity contribution is 6.99. The van der Waals surface area contributed by atoms with Crippen molar-refractivity contribution in [2.75, 3.05) is 6.61 Å². The monoisotopic (exact) mass is 279 g/mol. The molecule has 2 heterocycles. The van der Waals surface area contributed by atoms with Gasteiger partial charge in [-0.2, -0.15) is 4.37 Å². The SMILES string of the molecule is CCCC(O)CCOc1nsnc1-c1cccnc1. The first-order valence-corrected chi connectivity index (χ1v) is 7.08. The van der Waals surface area contributed by atoms with E-state index in [2.05, 4.69) is 20.7 Å². The van der Waals surface area contributed by atoms with E-state index in [4.69, 9.17) is 4.74 Å². The summed E-state index contributed by atoms with van der Waals surface area (Å²) in [4.78, 5) is 4.06. The highest BCUT2D eigenvalue weighted by Crippen LogP contribution is 2.27. The van der Waals surface area contributed by atoms with Gasteiger partial charge in [-0.05, 0) is 18.6 Å². The van der Waals surface area contributed by atoms with Gasteiger partial charge < -0.3 is 9.84 Å². The third-order valence-corrected chi connectivity index (χ3v) is 3.22. The van der Waals surface area contributed by atoms with Crippen LogP contribution < -0.4 is 4.74 Å². The Morgan fingerprint density at radius 2 is 2.26 bits per heavy atom. The smallest absolute Gasteiger partial charge is 0.254 e. The summed E-state index contributed by atoms with van der Waals surface area (Å²) < 4.78 is 14.0. The number of rotatable bonds is 7. The van der Waals surface area contributed by atoms with Crippen molar-refractivity contribution in [1.82, 2.24) is 13.7 Å². The van der Waals surface area contributed by atoms with E-state index in [9.17, 15) is 5.11 Å². The Morgan fingerprint density at radius 3 is 3.00 bits per heavy atom. The van der Waals surface area contributed by atoms with Crippen LogP contribution in [0.5, 0.6) is 5.88 Å². The van der Waals surface area contributed by atoms with Crippen molar-refractivity contribution in [3.8, 4) is 17.1 Å². The average Bonchev–Trinajstić information content (AvgIpc) is 2.88. The Labute approximate surface area is 116 Å². The quantitative estimate of drug-likeness (QED) is 0.843. The summed E-state index contributed by atoms with van der Waals surface area (Å²) in [7, 11) is 0. The minimum atomic E-state index is -0.307. The molecule has 0 saturated carbocycles. The van der Waals surface area contributed by atoms with Crippen LogP contribution in [0.4, 0.5) is 0 Å². The molecule has 102 valence electrons. The van der Waals surface area contributed by atoms with Crippen molar-refractivity contribution in [3.05, 3.63) is 24.5 Å². The highest BCUT2D eigenvalue weighted by Gasteiger charge is 2.12. The van der Waals surface area contributed by atoms with Crippen LogP contribution in [0.3, 0.4) is 0 Å². The molecule has 0 spiro atoms. The van der Waals surface area contributed by atoms with Gasteiger partial charge in [0.2, 0.25) is 0 Å². The summed E-state index contributed by atoms with van der Waals surface area (Å²) in [6.45, 7) is 2.49. The van der Waals surface area contributed by atoms with Gasteiger partial charge in [0.05, 0.1) is 24.4 Å². The zero-order valence-corrected chi connectivity index (χ0v) is 11.6. The fourth-order valence-electron chi connectivity index (χ4n) is 1.72. The maximum absolute atomic E-state index is 9.64. The summed E-state index contributed by atoms with van der Waals surface area (Å²) in [5.41, 5.74) is 1.60. The largest absolute Gasteiger partial charge is 0.475 e. The van der Waals surface area contributed by atoms with Crippen LogP contribution in [0.15, 0.2) is 24.5 Å². The first-order valence-electron chi connectivity index (χ1n) is 6.35. The van der Waals surface area contributed by atoms with Crippen LogP contribution in [-0.2, 0) is 0 Å². The summed E-state index contributed by atoms with van der Waals surface area (Å²) in [5, 5.41) is 9.64. The van der Waals surface area contributed by atoms with Gasteiger partial charge in [-0.15, -0.1) is 4.37 Å². The molecular weight excluding hydrogens is 262 g/mol. The number of ether oxygens (including phenoxy) is 1. The number of hydrogen-bond acceptors (Lipinski definition) is 6. The van der Waals surface area contributed by atoms with E-state index in [1.807, 2.05) is 12.1 Å². The maximum atomic E-state index is 9.64. The molecule has 0 aliphatic carbocycles. The van der Waals surface area contributed by atoms with Crippen LogP contribution >= 0.6 is 11.7 Å². The second kappa shape index (κ2) is 7.16. The highest BCUT2D eigenvalue weighted by atomic mass is 32.1. The molecule has 0 amide bonds. The Morgan fingerprint density at radius 1 is 1.37 bits per heavy atom. The van der Waals surface area contributed by atoms with E-state index in [-0.39, 0.29) is 6.10 Å². The second-order valence-electron chi connectivity index (χ2n) is 4.24. The van der Waals surface area contributed by atoms with E-state index in [1.165, 1.54) is 0 Å². The first-order chi connectivity index (χ1) is 9.31. The minimum Gasteiger partial charge on any atom is -0.475 e. The molecule has 0 aromatic carbocycles. The summed E-state index contributed by atoms with van der Waals surface area (Å²) in [6.07, 6.45) is 5.52. The van der Waals surface area contributed by atoms with Crippen LogP contribution in [0, 0.1) is 0 Å². The minimum absolute atomic E-state index is 0.307. The fraction of sp³-hybridized carbons (Fsp3) is 0.462. The first kappa shape index (κ1) is 13.9. The molecule has 0 radical (unpaired) electrons. The molecular formula is C13H17N3O2S. The van der Waals surface area contributed by atoms with Crippen molar-refractivity contribution in [3.63, 3.8) is 0 Å². The van der Waals surface area contributed by atoms with Crippen LogP contribution in [0.25, 0.3) is 11.3 Å². The molecule has 2 rings (SSSR count).